The largest absolute Gasteiger partial charge is 0.309 e. The molecule has 69 heavy (non-hydrogen) atoms. The van der Waals surface area contributed by atoms with Gasteiger partial charge in [-0.3, -0.25) is 4.57 Å². The molecule has 0 atom stereocenters. The number of thiophene rings is 1. The van der Waals surface area contributed by atoms with Crippen LogP contribution in [0.2, 0.25) is 0 Å². The van der Waals surface area contributed by atoms with E-state index in [4.69, 9.17) is 15.0 Å². The average molecular weight is 898 g/mol. The van der Waals surface area contributed by atoms with E-state index < -0.39 is 0 Å². The summed E-state index contributed by atoms with van der Waals surface area (Å²) >= 11 is 1.82. The molecule has 10 aromatic carbocycles. The second kappa shape index (κ2) is 15.8. The van der Waals surface area contributed by atoms with Gasteiger partial charge in [-0.1, -0.05) is 188 Å². The van der Waals surface area contributed by atoms with Crippen molar-refractivity contribution >= 4 is 75.1 Å². The Kier molecular flexibility index (Phi) is 9.00. The molecule has 5 nitrogen and oxygen atoms in total. The van der Waals surface area contributed by atoms with Crippen LogP contribution in [0.15, 0.2) is 237 Å². The molecule has 0 unspecified atom stereocenters. The topological polar surface area (TPSA) is 48.5 Å². The summed E-state index contributed by atoms with van der Waals surface area (Å²) in [5, 5.41) is 7.15. The summed E-state index contributed by atoms with van der Waals surface area (Å²) in [6.07, 6.45) is 0. The maximum absolute atomic E-state index is 5.51. The Morgan fingerprint density at radius 2 is 0.812 bits per heavy atom. The zero-order chi connectivity index (χ0) is 45.4. The van der Waals surface area contributed by atoms with Crippen LogP contribution in [0.5, 0.6) is 0 Å². The van der Waals surface area contributed by atoms with E-state index in [2.05, 4.69) is 228 Å². The van der Waals surface area contributed by atoms with E-state index in [0.29, 0.717) is 17.6 Å². The Bertz CT molecular complexity index is 4260. The molecule has 0 radical (unpaired) electrons. The smallest absolute Gasteiger partial charge is 0.238 e. The maximum atomic E-state index is 5.51. The second-order valence-electron chi connectivity index (χ2n) is 17.6. The summed E-state index contributed by atoms with van der Waals surface area (Å²) in [5.41, 5.74) is 14.1. The zero-order valence-electron chi connectivity index (χ0n) is 37.2. The Balaban J connectivity index is 1.02. The molecule has 0 saturated carbocycles. The molecule has 0 amide bonds. The van der Waals surface area contributed by atoms with E-state index in [0.717, 1.165) is 71.9 Å². The molecule has 0 aliphatic rings. The predicted molar refractivity (Wildman–Crippen MR) is 289 cm³/mol. The summed E-state index contributed by atoms with van der Waals surface area (Å²) < 4.78 is 7.16. The molecule has 4 heterocycles. The quantitative estimate of drug-likeness (QED) is 0.160. The third-order valence-corrected chi connectivity index (χ3v) is 14.7. The molecular weight excluding hydrogens is 859 g/mol. The predicted octanol–water partition coefficient (Wildman–Crippen LogP) is 16.8. The average Bonchev–Trinajstić information content (AvgIpc) is 4.09. The van der Waals surface area contributed by atoms with Gasteiger partial charge in [-0.15, -0.1) is 11.3 Å². The molecule has 4 aromatic heterocycles. The SMILES string of the molecule is c1ccc(-c2cccc(-c3cccc(-c4ccc(-c5nc(-c6ccccc6)nc(-n6c7ccccc7c7ccc8sc9ccccc9c8c76)n5)cc4-n4c5ccccc5c5ccccc54)c3)c2)cc1. The van der Waals surface area contributed by atoms with Crippen molar-refractivity contribution in [3.05, 3.63) is 237 Å². The molecule has 322 valence electrons. The highest BCUT2D eigenvalue weighted by molar-refractivity contribution is 7.26. The number of benzene rings is 10. The van der Waals surface area contributed by atoms with E-state index >= 15 is 0 Å². The van der Waals surface area contributed by atoms with Gasteiger partial charge in [0, 0.05) is 58.4 Å². The van der Waals surface area contributed by atoms with E-state index in [1.165, 1.54) is 42.1 Å². The van der Waals surface area contributed by atoms with E-state index in [-0.39, 0.29) is 0 Å². The van der Waals surface area contributed by atoms with Crippen LogP contribution in [0.1, 0.15) is 0 Å². The molecule has 0 N–H and O–H groups in total. The second-order valence-corrected chi connectivity index (χ2v) is 18.6. The van der Waals surface area contributed by atoms with Gasteiger partial charge in [0.2, 0.25) is 5.95 Å². The Hall–Kier alpha value is -8.97. The van der Waals surface area contributed by atoms with Gasteiger partial charge in [-0.25, -0.2) is 4.98 Å². The van der Waals surface area contributed by atoms with Crippen LogP contribution in [0, 0.1) is 0 Å². The van der Waals surface area contributed by atoms with Crippen LogP contribution < -0.4 is 0 Å². The Morgan fingerprint density at radius 3 is 1.49 bits per heavy atom. The lowest BCUT2D eigenvalue weighted by Gasteiger charge is -2.17. The fourth-order valence-corrected chi connectivity index (χ4v) is 11.5. The summed E-state index contributed by atoms with van der Waals surface area (Å²) in [4.78, 5) is 16.2. The molecule has 0 bridgehead atoms. The molecule has 0 fully saturated rings. The van der Waals surface area contributed by atoms with Gasteiger partial charge in [0.05, 0.1) is 27.8 Å². The van der Waals surface area contributed by atoms with Crippen molar-refractivity contribution in [1.82, 2.24) is 24.1 Å². The Labute approximate surface area is 401 Å². The highest BCUT2D eigenvalue weighted by Gasteiger charge is 2.23. The molecule has 14 rings (SSSR count). The first-order chi connectivity index (χ1) is 34.2. The van der Waals surface area contributed by atoms with Gasteiger partial charge < -0.3 is 4.57 Å². The number of hydrogen-bond donors (Lipinski definition) is 0. The van der Waals surface area contributed by atoms with E-state index in [9.17, 15) is 0 Å². The number of rotatable bonds is 7. The third-order valence-electron chi connectivity index (χ3n) is 13.6. The number of para-hydroxylation sites is 3. The first kappa shape index (κ1) is 39.2. The molecule has 0 saturated heterocycles. The summed E-state index contributed by atoms with van der Waals surface area (Å²) in [7, 11) is 0. The number of fused-ring (bicyclic) bond motifs is 10. The number of nitrogens with zero attached hydrogens (tertiary/aromatic N) is 5. The van der Waals surface area contributed by atoms with Crippen molar-refractivity contribution in [2.75, 3.05) is 0 Å². The van der Waals surface area contributed by atoms with Crippen LogP contribution in [-0.4, -0.2) is 24.1 Å². The monoisotopic (exact) mass is 897 g/mol. The highest BCUT2D eigenvalue weighted by Crippen LogP contribution is 2.44. The molecule has 0 aliphatic carbocycles. The van der Waals surface area contributed by atoms with Crippen LogP contribution in [-0.2, 0) is 0 Å². The first-order valence-corrected chi connectivity index (χ1v) is 24.1. The third kappa shape index (κ3) is 6.41. The van der Waals surface area contributed by atoms with Crippen LogP contribution in [0.3, 0.4) is 0 Å². The molecule has 14 aromatic rings. The fourth-order valence-electron chi connectivity index (χ4n) is 10.4. The minimum Gasteiger partial charge on any atom is -0.309 e. The van der Waals surface area contributed by atoms with Crippen LogP contribution in [0.25, 0.3) is 132 Å². The van der Waals surface area contributed by atoms with Gasteiger partial charge in [0.25, 0.3) is 0 Å². The minimum atomic E-state index is 0.570. The lowest BCUT2D eigenvalue weighted by atomic mass is 9.95. The van der Waals surface area contributed by atoms with E-state index in [1.807, 2.05) is 29.5 Å². The van der Waals surface area contributed by atoms with Gasteiger partial charge in [-0.2, -0.15) is 9.97 Å². The summed E-state index contributed by atoms with van der Waals surface area (Å²) in [6, 6.07) is 84.6. The standard InChI is InChI=1S/C63H39N5S/c1-3-17-40(18-4-1)42-21-15-22-43(37-42)44-23-16-24-45(38-44)47-34-33-46(39-56(47)67-53-29-11-7-25-48(53)49-26-8-12-30-54(49)67)62-64-61(41-19-5-2-6-20-41)65-63(66-62)68-55-31-13-9-27-50(55)51-35-36-58-59(60(51)68)52-28-10-14-32-57(52)69-58/h1-39H. The van der Waals surface area contributed by atoms with Crippen molar-refractivity contribution in [2.24, 2.45) is 0 Å². The van der Waals surface area contributed by atoms with Crippen molar-refractivity contribution in [3.63, 3.8) is 0 Å². The molecule has 0 aliphatic heterocycles. The lowest BCUT2D eigenvalue weighted by molar-refractivity contribution is 0.955. The highest BCUT2D eigenvalue weighted by atomic mass is 32.1. The number of hydrogen-bond acceptors (Lipinski definition) is 4. The van der Waals surface area contributed by atoms with Gasteiger partial charge in [0.15, 0.2) is 11.6 Å². The van der Waals surface area contributed by atoms with Crippen molar-refractivity contribution < 1.29 is 0 Å². The molecular formula is C63H39N5S. The van der Waals surface area contributed by atoms with E-state index in [1.54, 1.807) is 0 Å². The van der Waals surface area contributed by atoms with Gasteiger partial charge in [-0.05, 0) is 76.3 Å². The zero-order valence-corrected chi connectivity index (χ0v) is 38.0. The Morgan fingerprint density at radius 1 is 0.304 bits per heavy atom. The van der Waals surface area contributed by atoms with Crippen molar-refractivity contribution in [1.29, 1.82) is 0 Å². The lowest BCUT2D eigenvalue weighted by Crippen LogP contribution is -2.07. The van der Waals surface area contributed by atoms with Gasteiger partial charge >= 0.3 is 0 Å². The van der Waals surface area contributed by atoms with Crippen molar-refractivity contribution in [2.45, 2.75) is 0 Å². The number of aromatic nitrogens is 5. The normalized spacial score (nSPS) is 11.8. The maximum Gasteiger partial charge on any atom is 0.238 e. The fraction of sp³-hybridized carbons (Fsp3) is 0. The summed E-state index contributed by atoms with van der Waals surface area (Å²) in [6.45, 7) is 0. The molecule has 6 heteroatoms. The minimum absolute atomic E-state index is 0.570. The summed E-state index contributed by atoms with van der Waals surface area (Å²) in [5.74, 6) is 1.77. The van der Waals surface area contributed by atoms with Crippen molar-refractivity contribution in [3.8, 4) is 67.8 Å². The van der Waals surface area contributed by atoms with Crippen LogP contribution >= 0.6 is 11.3 Å². The van der Waals surface area contributed by atoms with Crippen LogP contribution in [0.4, 0.5) is 0 Å². The van der Waals surface area contributed by atoms with Gasteiger partial charge in [0.1, 0.15) is 0 Å². The first-order valence-electron chi connectivity index (χ1n) is 23.3. The molecule has 0 spiro atoms.